The van der Waals surface area contributed by atoms with Crippen LogP contribution in [0.2, 0.25) is 5.02 Å². The van der Waals surface area contributed by atoms with Crippen molar-refractivity contribution in [2.45, 2.75) is 5.22 Å². The lowest BCUT2D eigenvalue weighted by Gasteiger charge is -2.04. The van der Waals surface area contributed by atoms with E-state index in [-0.39, 0.29) is 16.0 Å². The Morgan fingerprint density at radius 3 is 2.71 bits per heavy atom. The van der Waals surface area contributed by atoms with Crippen LogP contribution in [-0.2, 0) is 4.79 Å². The van der Waals surface area contributed by atoms with Crippen LogP contribution in [0.5, 0.6) is 11.5 Å². The first-order valence-corrected chi connectivity index (χ1v) is 9.14. The molecule has 1 aromatic heterocycles. The molecule has 3 aromatic rings. The molecule has 0 radical (unpaired) electrons. The Labute approximate surface area is 169 Å². The average Bonchev–Trinajstić information content (AvgIpc) is 3.16. The Morgan fingerprint density at radius 1 is 1.18 bits per heavy atom. The number of nitrogens with zero attached hydrogens (tertiary/aromatic N) is 2. The van der Waals surface area contributed by atoms with Crippen molar-refractivity contribution < 1.29 is 23.8 Å². The van der Waals surface area contributed by atoms with E-state index in [1.165, 1.54) is 13.2 Å². The van der Waals surface area contributed by atoms with Gasteiger partial charge in [-0.3, -0.25) is 0 Å². The molecule has 0 saturated heterocycles. The minimum atomic E-state index is -1.12. The highest BCUT2D eigenvalue weighted by atomic mass is 35.5. The van der Waals surface area contributed by atoms with Crippen LogP contribution in [0.25, 0.3) is 17.5 Å². The van der Waals surface area contributed by atoms with E-state index in [9.17, 15) is 9.90 Å². The van der Waals surface area contributed by atoms with Crippen LogP contribution in [0.4, 0.5) is 0 Å². The number of hydrogen-bond donors (Lipinski definition) is 1. The zero-order valence-corrected chi connectivity index (χ0v) is 16.5. The SMILES string of the molecule is COc1cccc(/C=C(\Sc2nnc(-c3cc(Cl)ccc3OC)o2)C(=O)O)c1. The third kappa shape index (κ3) is 4.65. The molecule has 7 nitrogen and oxygen atoms in total. The number of carboxylic acid groups (broad SMARTS) is 1. The molecule has 0 unspecified atom stereocenters. The van der Waals surface area contributed by atoms with Gasteiger partial charge in [-0.2, -0.15) is 0 Å². The summed E-state index contributed by atoms with van der Waals surface area (Å²) in [7, 11) is 3.05. The van der Waals surface area contributed by atoms with Gasteiger partial charge in [0, 0.05) is 5.02 Å². The van der Waals surface area contributed by atoms with Crippen LogP contribution in [0.1, 0.15) is 5.56 Å². The second-order valence-corrected chi connectivity index (χ2v) is 6.84. The molecule has 28 heavy (non-hydrogen) atoms. The molecule has 2 aromatic carbocycles. The van der Waals surface area contributed by atoms with Gasteiger partial charge in [0.1, 0.15) is 16.4 Å². The third-order valence-corrected chi connectivity index (χ3v) is 4.69. The minimum Gasteiger partial charge on any atom is -0.497 e. The summed E-state index contributed by atoms with van der Waals surface area (Å²) in [6, 6.07) is 12.0. The second kappa shape index (κ2) is 8.81. The van der Waals surface area contributed by atoms with Crippen molar-refractivity contribution in [2.24, 2.45) is 0 Å². The maximum atomic E-state index is 11.6. The summed E-state index contributed by atoms with van der Waals surface area (Å²) in [4.78, 5) is 11.7. The molecule has 0 aliphatic rings. The number of halogens is 1. The largest absolute Gasteiger partial charge is 0.497 e. The number of hydrogen-bond acceptors (Lipinski definition) is 7. The molecule has 0 saturated carbocycles. The van der Waals surface area contributed by atoms with Gasteiger partial charge >= 0.3 is 5.97 Å². The lowest BCUT2D eigenvalue weighted by Crippen LogP contribution is -1.97. The topological polar surface area (TPSA) is 94.7 Å². The Hall–Kier alpha value is -2.97. The third-order valence-electron chi connectivity index (χ3n) is 3.60. The van der Waals surface area contributed by atoms with E-state index in [0.717, 1.165) is 11.8 Å². The Morgan fingerprint density at radius 2 is 2.00 bits per heavy atom. The highest BCUT2D eigenvalue weighted by Crippen LogP contribution is 2.35. The van der Waals surface area contributed by atoms with Crippen LogP contribution in [0, 0.1) is 0 Å². The van der Waals surface area contributed by atoms with Gasteiger partial charge in [-0.25, -0.2) is 4.79 Å². The number of thioether (sulfide) groups is 1. The molecule has 0 spiro atoms. The number of methoxy groups -OCH3 is 2. The maximum Gasteiger partial charge on any atom is 0.342 e. The molecule has 0 aliphatic carbocycles. The van der Waals surface area contributed by atoms with Gasteiger partial charge in [-0.05, 0) is 53.7 Å². The maximum absolute atomic E-state index is 11.6. The summed E-state index contributed by atoms with van der Waals surface area (Å²) in [6.07, 6.45) is 1.50. The van der Waals surface area contributed by atoms with Crippen molar-refractivity contribution in [3.8, 4) is 23.0 Å². The molecule has 0 fully saturated rings. The number of carboxylic acids is 1. The van der Waals surface area contributed by atoms with Gasteiger partial charge in [0.25, 0.3) is 11.1 Å². The van der Waals surface area contributed by atoms with Crippen molar-refractivity contribution in [3.05, 3.63) is 58.0 Å². The fourth-order valence-electron chi connectivity index (χ4n) is 2.32. The highest BCUT2D eigenvalue weighted by molar-refractivity contribution is 8.03. The molecule has 1 heterocycles. The summed E-state index contributed by atoms with van der Waals surface area (Å²) in [6.45, 7) is 0. The Balaban J connectivity index is 1.89. The second-order valence-electron chi connectivity index (χ2n) is 5.41. The predicted octanol–water partition coefficient (Wildman–Crippen LogP) is 4.63. The van der Waals surface area contributed by atoms with E-state index in [1.807, 2.05) is 0 Å². The van der Waals surface area contributed by atoms with Crippen LogP contribution in [0.15, 0.2) is 57.0 Å². The van der Waals surface area contributed by atoms with Crippen LogP contribution >= 0.6 is 23.4 Å². The zero-order chi connectivity index (χ0) is 20.1. The number of benzene rings is 2. The first-order chi connectivity index (χ1) is 13.5. The highest BCUT2D eigenvalue weighted by Gasteiger charge is 2.18. The number of ether oxygens (including phenoxy) is 2. The molecule has 0 amide bonds. The van der Waals surface area contributed by atoms with Crippen molar-refractivity contribution in [3.63, 3.8) is 0 Å². The van der Waals surface area contributed by atoms with Crippen molar-refractivity contribution in [1.29, 1.82) is 0 Å². The molecule has 1 N–H and O–H groups in total. The fraction of sp³-hybridized carbons (Fsp3) is 0.105. The number of rotatable bonds is 7. The van der Waals surface area contributed by atoms with Crippen LogP contribution in [-0.4, -0.2) is 35.5 Å². The van der Waals surface area contributed by atoms with Gasteiger partial charge in [0.2, 0.25) is 0 Å². The van der Waals surface area contributed by atoms with Crippen molar-refractivity contribution in [1.82, 2.24) is 10.2 Å². The van der Waals surface area contributed by atoms with Gasteiger partial charge in [-0.1, -0.05) is 23.7 Å². The number of aliphatic carboxylic acids is 1. The lowest BCUT2D eigenvalue weighted by atomic mass is 10.2. The van der Waals surface area contributed by atoms with Gasteiger partial charge in [0.15, 0.2) is 0 Å². The summed E-state index contributed by atoms with van der Waals surface area (Å²) in [5, 5.41) is 18.0. The average molecular weight is 419 g/mol. The van der Waals surface area contributed by atoms with Gasteiger partial charge in [-0.15, -0.1) is 10.2 Å². The smallest absolute Gasteiger partial charge is 0.342 e. The number of aromatic nitrogens is 2. The Bertz CT molecular complexity index is 1030. The minimum absolute atomic E-state index is 0.0153. The molecule has 0 bridgehead atoms. The molecule has 9 heteroatoms. The molecule has 0 aliphatic heterocycles. The van der Waals surface area contributed by atoms with Crippen molar-refractivity contribution >= 4 is 35.4 Å². The van der Waals surface area contributed by atoms with E-state index < -0.39 is 5.97 Å². The lowest BCUT2D eigenvalue weighted by molar-refractivity contribution is -0.131. The summed E-state index contributed by atoms with van der Waals surface area (Å²) in [5.74, 6) is 0.187. The van der Waals surface area contributed by atoms with Crippen molar-refractivity contribution in [2.75, 3.05) is 14.2 Å². The zero-order valence-electron chi connectivity index (χ0n) is 14.9. The first-order valence-electron chi connectivity index (χ1n) is 7.94. The summed E-state index contributed by atoms with van der Waals surface area (Å²) in [5.41, 5.74) is 1.18. The molecule has 3 rings (SSSR count). The van der Waals surface area contributed by atoms with Crippen LogP contribution in [0.3, 0.4) is 0 Å². The fourth-order valence-corrected chi connectivity index (χ4v) is 3.16. The first kappa shape index (κ1) is 19.8. The van der Waals surface area contributed by atoms with E-state index in [4.69, 9.17) is 25.5 Å². The monoisotopic (exact) mass is 418 g/mol. The van der Waals surface area contributed by atoms with Crippen LogP contribution < -0.4 is 9.47 Å². The van der Waals surface area contributed by atoms with E-state index in [2.05, 4.69) is 10.2 Å². The van der Waals surface area contributed by atoms with Gasteiger partial charge in [0.05, 0.1) is 19.8 Å². The molecular weight excluding hydrogens is 404 g/mol. The predicted molar refractivity (Wildman–Crippen MR) is 106 cm³/mol. The molecule has 0 atom stereocenters. The number of carbonyl (C=O) groups is 1. The van der Waals surface area contributed by atoms with E-state index >= 15 is 0 Å². The summed E-state index contributed by atoms with van der Waals surface area (Å²) >= 11 is 6.87. The quantitative estimate of drug-likeness (QED) is 0.438. The normalized spacial score (nSPS) is 11.3. The van der Waals surface area contributed by atoms with E-state index in [1.54, 1.807) is 49.6 Å². The standard InChI is InChI=1S/C19H15ClN2O5S/c1-25-13-5-3-4-11(8-13)9-16(18(23)24)28-19-22-21-17(27-19)14-10-12(20)6-7-15(14)26-2/h3-10H,1-2H3,(H,23,24)/b16-9-. The Kier molecular flexibility index (Phi) is 6.23. The molecule has 144 valence electrons. The molecular formula is C19H15ClN2O5S. The van der Waals surface area contributed by atoms with E-state index in [0.29, 0.717) is 27.6 Å². The van der Waals surface area contributed by atoms with Gasteiger partial charge < -0.3 is 19.0 Å². The summed E-state index contributed by atoms with van der Waals surface area (Å²) < 4.78 is 16.0.